The quantitative estimate of drug-likeness (QED) is 0.575. The minimum Gasteiger partial charge on any atom is -0.316 e. The molecule has 0 aliphatic carbocycles. The van der Waals surface area contributed by atoms with Gasteiger partial charge in [-0.2, -0.15) is 13.2 Å². The zero-order chi connectivity index (χ0) is 21.6. The third kappa shape index (κ3) is 13.5. The third-order valence-corrected chi connectivity index (χ3v) is 5.53. The summed E-state index contributed by atoms with van der Waals surface area (Å²) in [5.41, 5.74) is 0. The highest BCUT2D eigenvalue weighted by atomic mass is 19.4. The minimum absolute atomic E-state index is 0.376. The van der Waals surface area contributed by atoms with Gasteiger partial charge in [0.25, 0.3) is 0 Å². The first kappa shape index (κ1) is 28.9. The molecule has 27 heavy (non-hydrogen) atoms. The molecule has 0 aromatic carbocycles. The van der Waals surface area contributed by atoms with Gasteiger partial charge in [0, 0.05) is 6.54 Å². The van der Waals surface area contributed by atoms with E-state index in [9.17, 15) is 13.2 Å². The fourth-order valence-corrected chi connectivity index (χ4v) is 3.78. The molecule has 0 bridgehead atoms. The van der Waals surface area contributed by atoms with Crippen LogP contribution in [0.2, 0.25) is 0 Å². The van der Waals surface area contributed by atoms with Gasteiger partial charge in [-0.3, -0.25) is 4.90 Å². The van der Waals surface area contributed by atoms with Crippen molar-refractivity contribution in [3.63, 3.8) is 0 Å². The number of piperidine rings is 2. The Kier molecular flexibility index (Phi) is 16.7. The molecule has 2 rings (SSSR count). The molecule has 0 amide bonds. The highest BCUT2D eigenvalue weighted by molar-refractivity contribution is 4.80. The summed E-state index contributed by atoms with van der Waals surface area (Å²) in [6, 6.07) is 0. The average molecular weight is 397 g/mol. The summed E-state index contributed by atoms with van der Waals surface area (Å²) < 4.78 is 36.5. The predicted molar refractivity (Wildman–Crippen MR) is 113 cm³/mol. The van der Waals surface area contributed by atoms with Gasteiger partial charge in [-0.05, 0) is 62.1 Å². The second kappa shape index (κ2) is 15.6. The van der Waals surface area contributed by atoms with Crippen molar-refractivity contribution in [1.29, 1.82) is 0 Å². The maximum absolute atomic E-state index is 12.2. The Balaban J connectivity index is 0. The highest BCUT2D eigenvalue weighted by Crippen LogP contribution is 2.30. The zero-order valence-corrected chi connectivity index (χ0v) is 19.4. The van der Waals surface area contributed by atoms with Crippen LogP contribution in [0, 0.1) is 29.6 Å². The Labute approximate surface area is 167 Å². The van der Waals surface area contributed by atoms with Crippen LogP contribution in [0.5, 0.6) is 0 Å². The molecule has 4 unspecified atom stereocenters. The lowest BCUT2D eigenvalue weighted by molar-refractivity contribution is -0.151. The van der Waals surface area contributed by atoms with E-state index < -0.39 is 12.7 Å². The maximum Gasteiger partial charge on any atom is 0.401 e. The van der Waals surface area contributed by atoms with Crippen molar-refractivity contribution in [1.82, 2.24) is 10.2 Å². The molecule has 0 aromatic heterocycles. The van der Waals surface area contributed by atoms with E-state index in [4.69, 9.17) is 0 Å². The van der Waals surface area contributed by atoms with Gasteiger partial charge < -0.3 is 5.32 Å². The SMILES string of the molecule is CC.CC.CC(C)C1CCN(CC(F)(F)F)CC1C.CC1CCNCC1C. The topological polar surface area (TPSA) is 15.3 Å². The highest BCUT2D eigenvalue weighted by Gasteiger charge is 2.35. The number of hydrogen-bond acceptors (Lipinski definition) is 2. The largest absolute Gasteiger partial charge is 0.401 e. The molecule has 4 atom stereocenters. The van der Waals surface area contributed by atoms with Crippen molar-refractivity contribution >= 4 is 0 Å². The van der Waals surface area contributed by atoms with E-state index in [0.717, 1.165) is 18.3 Å². The first-order valence-electron chi connectivity index (χ1n) is 11.1. The van der Waals surface area contributed by atoms with Gasteiger partial charge in [0.05, 0.1) is 6.54 Å². The Morgan fingerprint density at radius 3 is 1.81 bits per heavy atom. The van der Waals surface area contributed by atoms with Crippen molar-refractivity contribution in [3.8, 4) is 0 Å². The summed E-state index contributed by atoms with van der Waals surface area (Å²) in [5.74, 6) is 3.36. The van der Waals surface area contributed by atoms with Crippen molar-refractivity contribution in [2.24, 2.45) is 29.6 Å². The lowest BCUT2D eigenvalue weighted by Crippen LogP contribution is -2.44. The van der Waals surface area contributed by atoms with E-state index in [2.05, 4.69) is 39.9 Å². The lowest BCUT2D eigenvalue weighted by atomic mass is 9.79. The fourth-order valence-electron chi connectivity index (χ4n) is 3.78. The molecule has 2 aliphatic rings. The normalized spacial score (nSPS) is 28.8. The van der Waals surface area contributed by atoms with Crippen LogP contribution in [-0.4, -0.2) is 43.8 Å². The van der Waals surface area contributed by atoms with Crippen LogP contribution >= 0.6 is 0 Å². The number of nitrogens with zero attached hydrogens (tertiary/aromatic N) is 1. The van der Waals surface area contributed by atoms with Crippen LogP contribution in [0.15, 0.2) is 0 Å². The van der Waals surface area contributed by atoms with Crippen LogP contribution < -0.4 is 5.32 Å². The fraction of sp³-hybridized carbons (Fsp3) is 1.00. The monoisotopic (exact) mass is 396 g/mol. The predicted octanol–water partition coefficient (Wildman–Crippen LogP) is 6.47. The van der Waals surface area contributed by atoms with Crippen molar-refractivity contribution < 1.29 is 13.2 Å². The van der Waals surface area contributed by atoms with Crippen molar-refractivity contribution in [2.75, 3.05) is 32.7 Å². The molecule has 0 aromatic rings. The minimum atomic E-state index is -4.05. The Bertz CT molecular complexity index is 322. The van der Waals surface area contributed by atoms with Crippen LogP contribution in [0.4, 0.5) is 13.2 Å². The van der Waals surface area contributed by atoms with Crippen molar-refractivity contribution in [3.05, 3.63) is 0 Å². The van der Waals surface area contributed by atoms with Crippen LogP contribution in [0.3, 0.4) is 0 Å². The summed E-state index contributed by atoms with van der Waals surface area (Å²) in [7, 11) is 0. The number of hydrogen-bond donors (Lipinski definition) is 1. The number of halogens is 3. The molecule has 5 heteroatoms. The molecule has 2 fully saturated rings. The summed E-state index contributed by atoms with van der Waals surface area (Å²) in [5, 5.41) is 3.36. The van der Waals surface area contributed by atoms with Gasteiger partial charge in [-0.1, -0.05) is 62.3 Å². The van der Waals surface area contributed by atoms with E-state index in [-0.39, 0.29) is 0 Å². The molecule has 2 nitrogen and oxygen atoms in total. The van der Waals surface area contributed by atoms with Gasteiger partial charge in [-0.25, -0.2) is 0 Å². The molecular formula is C22H47F3N2. The van der Waals surface area contributed by atoms with E-state index in [1.54, 1.807) is 0 Å². The number of alkyl halides is 3. The standard InChI is InChI=1S/C11H20F3N.C7H15N.2C2H6/c1-8(2)10-4-5-15(6-9(10)3)7-11(12,13)14;1-6-3-4-8-5-7(6)2;2*1-2/h8-10H,4-7H2,1-3H3;6-8H,3-5H2,1-2H3;2*1-2H3. The van der Waals surface area contributed by atoms with E-state index >= 15 is 0 Å². The van der Waals surface area contributed by atoms with Gasteiger partial charge in [0.2, 0.25) is 0 Å². The first-order valence-corrected chi connectivity index (χ1v) is 11.1. The smallest absolute Gasteiger partial charge is 0.316 e. The van der Waals surface area contributed by atoms with Gasteiger partial charge in [-0.15, -0.1) is 0 Å². The molecule has 0 spiro atoms. The first-order chi connectivity index (χ1) is 12.6. The average Bonchev–Trinajstić information content (AvgIpc) is 2.60. The second-order valence-electron chi connectivity index (χ2n) is 7.97. The summed E-state index contributed by atoms with van der Waals surface area (Å²) in [6.45, 7) is 21.9. The molecule has 0 saturated carbocycles. The van der Waals surface area contributed by atoms with Crippen LogP contribution in [0.1, 0.15) is 75.2 Å². The van der Waals surface area contributed by atoms with E-state index in [1.165, 1.54) is 24.4 Å². The molecule has 2 heterocycles. The molecule has 2 aliphatic heterocycles. The Morgan fingerprint density at radius 1 is 0.926 bits per heavy atom. The zero-order valence-electron chi connectivity index (χ0n) is 19.4. The molecule has 0 radical (unpaired) electrons. The number of nitrogens with one attached hydrogen (secondary N) is 1. The lowest BCUT2D eigenvalue weighted by Gasteiger charge is -2.39. The van der Waals surface area contributed by atoms with Crippen molar-refractivity contribution in [2.45, 2.75) is 81.3 Å². The molecular weight excluding hydrogens is 349 g/mol. The number of rotatable bonds is 2. The summed E-state index contributed by atoms with van der Waals surface area (Å²) in [4.78, 5) is 1.53. The maximum atomic E-state index is 12.2. The van der Waals surface area contributed by atoms with E-state index in [0.29, 0.717) is 30.8 Å². The summed E-state index contributed by atoms with van der Waals surface area (Å²) >= 11 is 0. The molecule has 1 N–H and O–H groups in total. The Hall–Kier alpha value is -0.290. The molecule has 166 valence electrons. The molecule has 2 saturated heterocycles. The third-order valence-electron chi connectivity index (χ3n) is 5.53. The second-order valence-corrected chi connectivity index (χ2v) is 7.97. The van der Waals surface area contributed by atoms with Crippen LogP contribution in [0.25, 0.3) is 0 Å². The van der Waals surface area contributed by atoms with Crippen LogP contribution in [-0.2, 0) is 0 Å². The van der Waals surface area contributed by atoms with Gasteiger partial charge in [0.1, 0.15) is 0 Å². The van der Waals surface area contributed by atoms with Gasteiger partial charge in [0.15, 0.2) is 0 Å². The van der Waals surface area contributed by atoms with E-state index in [1.807, 2.05) is 27.7 Å². The Morgan fingerprint density at radius 2 is 1.48 bits per heavy atom. The number of likely N-dealkylation sites (tertiary alicyclic amines) is 1. The van der Waals surface area contributed by atoms with Gasteiger partial charge >= 0.3 is 6.18 Å². The summed E-state index contributed by atoms with van der Waals surface area (Å²) in [6.07, 6.45) is -1.79.